The maximum absolute atomic E-state index is 12.9. The highest BCUT2D eigenvalue weighted by Gasteiger charge is 2.05. The lowest BCUT2D eigenvalue weighted by molar-refractivity contribution is -0.113. The van der Waals surface area contributed by atoms with Crippen LogP contribution in [0.3, 0.4) is 0 Å². The minimum absolute atomic E-state index is 0.0166. The smallest absolute Gasteiger partial charge is 0.160 e. The van der Waals surface area contributed by atoms with Gasteiger partial charge in [-0.1, -0.05) is 41.9 Å². The number of allylic oxidation sites excluding steroid dienone is 1. The Balaban J connectivity index is 1.42. The van der Waals surface area contributed by atoms with E-state index in [9.17, 15) is 9.18 Å². The lowest BCUT2D eigenvalue weighted by Gasteiger charge is -2.10. The summed E-state index contributed by atoms with van der Waals surface area (Å²) >= 11 is 6.05. The molecular weight excluding hydrogens is 399 g/mol. The highest BCUT2D eigenvalue weighted by Crippen LogP contribution is 2.27. The van der Waals surface area contributed by atoms with Crippen molar-refractivity contribution in [1.82, 2.24) is 4.98 Å². The van der Waals surface area contributed by atoms with Crippen LogP contribution in [0, 0.1) is 5.82 Å². The first-order valence-corrected chi connectivity index (χ1v) is 9.81. The van der Waals surface area contributed by atoms with Crippen LogP contribution in [0.25, 0.3) is 17.0 Å². The van der Waals surface area contributed by atoms with Crippen molar-refractivity contribution < 1.29 is 9.18 Å². The number of halogens is 2. The fraction of sp³-hybridized carbons (Fsp3) is 0.0400. The zero-order chi connectivity index (χ0) is 20.9. The third kappa shape index (κ3) is 4.91. The Morgan fingerprint density at radius 1 is 1.00 bits per heavy atom. The maximum atomic E-state index is 12.9. The summed E-state index contributed by atoms with van der Waals surface area (Å²) in [6.45, 7) is 0. The van der Waals surface area contributed by atoms with E-state index in [0.29, 0.717) is 11.4 Å². The van der Waals surface area contributed by atoms with E-state index >= 15 is 0 Å². The van der Waals surface area contributed by atoms with E-state index in [-0.39, 0.29) is 11.6 Å². The number of rotatable bonds is 6. The lowest BCUT2D eigenvalue weighted by atomic mass is 10.1. The molecule has 0 aliphatic heterocycles. The molecule has 4 rings (SSSR count). The molecule has 0 aliphatic rings. The first-order chi connectivity index (χ1) is 14.6. The molecule has 0 unspecified atom stereocenters. The Morgan fingerprint density at radius 3 is 2.53 bits per heavy atom. The molecule has 3 nitrogen and oxygen atoms in total. The molecule has 3 aromatic carbocycles. The number of hydrogen-bond acceptors (Lipinski definition) is 3. The number of carbonyl (C=O) groups excluding carboxylic acids is 1. The number of fused-ring (bicyclic) bond motifs is 1. The average Bonchev–Trinajstić information content (AvgIpc) is 2.75. The number of pyridine rings is 1. The van der Waals surface area contributed by atoms with E-state index in [0.717, 1.165) is 33.4 Å². The van der Waals surface area contributed by atoms with Crippen LogP contribution in [0.5, 0.6) is 0 Å². The van der Waals surface area contributed by atoms with Crippen molar-refractivity contribution >= 4 is 45.7 Å². The van der Waals surface area contributed by atoms with Gasteiger partial charge in [0, 0.05) is 34.4 Å². The fourth-order valence-electron chi connectivity index (χ4n) is 3.11. The predicted octanol–water partition coefficient (Wildman–Crippen LogP) is 6.60. The normalized spacial score (nSPS) is 11.1. The van der Waals surface area contributed by atoms with Gasteiger partial charge in [0.2, 0.25) is 0 Å². The lowest BCUT2D eigenvalue weighted by Crippen LogP contribution is -1.99. The minimum atomic E-state index is -0.296. The third-order valence-electron chi connectivity index (χ3n) is 4.65. The monoisotopic (exact) mass is 416 g/mol. The largest absolute Gasteiger partial charge is 0.355 e. The molecule has 1 N–H and O–H groups in total. The van der Waals surface area contributed by atoms with Gasteiger partial charge in [-0.25, -0.2) is 4.39 Å². The van der Waals surface area contributed by atoms with E-state index in [1.165, 1.54) is 18.2 Å². The van der Waals surface area contributed by atoms with Gasteiger partial charge in [-0.2, -0.15) is 0 Å². The van der Waals surface area contributed by atoms with Gasteiger partial charge >= 0.3 is 0 Å². The quantitative estimate of drug-likeness (QED) is 0.360. The van der Waals surface area contributed by atoms with Gasteiger partial charge in [0.1, 0.15) is 5.82 Å². The first-order valence-electron chi connectivity index (χ1n) is 9.43. The zero-order valence-electron chi connectivity index (χ0n) is 16.0. The Bertz CT molecular complexity index is 1220. The molecule has 5 heteroatoms. The number of hydrogen-bond donors (Lipinski definition) is 1. The van der Waals surface area contributed by atoms with Crippen molar-refractivity contribution in [2.75, 3.05) is 5.32 Å². The number of nitrogens with one attached hydrogen (secondary N) is 1. The molecule has 0 bridgehead atoms. The highest BCUT2D eigenvalue weighted by atomic mass is 35.5. The summed E-state index contributed by atoms with van der Waals surface area (Å²) in [5.74, 6) is -0.312. The Morgan fingerprint density at radius 2 is 1.77 bits per heavy atom. The van der Waals surface area contributed by atoms with E-state index in [1.54, 1.807) is 24.4 Å². The van der Waals surface area contributed by atoms with Gasteiger partial charge in [-0.15, -0.1) is 0 Å². The standard InChI is InChI=1S/C25H18ClFN2O/c26-19-6-12-23-24(13-14-28-25(23)16-19)29-21-9-3-18(4-10-21)15-22(30)11-5-17-1-7-20(27)8-2-17/h1-14,16H,15H2,(H,28,29)/b11-5+. The van der Waals surface area contributed by atoms with E-state index in [2.05, 4.69) is 10.3 Å². The number of nitrogens with zero attached hydrogens (tertiary/aromatic N) is 1. The van der Waals surface area contributed by atoms with Crippen LogP contribution in [0.2, 0.25) is 5.02 Å². The Kier molecular flexibility index (Phi) is 5.87. The van der Waals surface area contributed by atoms with Crippen LogP contribution >= 0.6 is 11.6 Å². The SMILES string of the molecule is O=C(/C=C/c1ccc(F)cc1)Cc1ccc(Nc2ccnc3cc(Cl)ccc23)cc1. The number of aromatic nitrogens is 1. The summed E-state index contributed by atoms with van der Waals surface area (Å²) in [5.41, 5.74) is 4.37. The van der Waals surface area contributed by atoms with Crippen LogP contribution in [-0.2, 0) is 11.2 Å². The molecule has 0 atom stereocenters. The van der Waals surface area contributed by atoms with Crippen molar-refractivity contribution in [1.29, 1.82) is 0 Å². The highest BCUT2D eigenvalue weighted by molar-refractivity contribution is 6.31. The summed E-state index contributed by atoms with van der Waals surface area (Å²) in [5, 5.41) is 5.01. The molecule has 0 amide bonds. The summed E-state index contributed by atoms with van der Waals surface area (Å²) in [6, 6.07) is 21.3. The molecule has 0 radical (unpaired) electrons. The van der Waals surface area contributed by atoms with Crippen LogP contribution in [-0.4, -0.2) is 10.8 Å². The summed E-state index contributed by atoms with van der Waals surface area (Å²) in [6.07, 6.45) is 5.25. The second-order valence-electron chi connectivity index (χ2n) is 6.87. The number of carbonyl (C=O) groups is 1. The van der Waals surface area contributed by atoms with Gasteiger partial charge in [0.25, 0.3) is 0 Å². The van der Waals surface area contributed by atoms with Crippen molar-refractivity contribution in [3.63, 3.8) is 0 Å². The molecule has 148 valence electrons. The van der Waals surface area contributed by atoms with Crippen LogP contribution in [0.4, 0.5) is 15.8 Å². The molecule has 0 aliphatic carbocycles. The van der Waals surface area contributed by atoms with Crippen LogP contribution in [0.15, 0.2) is 85.1 Å². The molecule has 0 saturated carbocycles. The maximum Gasteiger partial charge on any atom is 0.160 e. The molecule has 30 heavy (non-hydrogen) atoms. The van der Waals surface area contributed by atoms with Gasteiger partial charge in [0.05, 0.1) is 5.52 Å². The van der Waals surface area contributed by atoms with Crippen LogP contribution in [0.1, 0.15) is 11.1 Å². The van der Waals surface area contributed by atoms with Crippen molar-refractivity contribution in [2.45, 2.75) is 6.42 Å². The predicted molar refractivity (Wildman–Crippen MR) is 121 cm³/mol. The number of ketones is 1. The first kappa shape index (κ1) is 19.8. The topological polar surface area (TPSA) is 42.0 Å². The Labute approximate surface area is 178 Å². The molecule has 0 fully saturated rings. The summed E-state index contributed by atoms with van der Waals surface area (Å²) in [4.78, 5) is 16.6. The summed E-state index contributed by atoms with van der Waals surface area (Å²) < 4.78 is 12.9. The molecule has 1 heterocycles. The average molecular weight is 417 g/mol. The van der Waals surface area contributed by atoms with E-state index in [1.807, 2.05) is 48.5 Å². The fourth-order valence-corrected chi connectivity index (χ4v) is 3.28. The van der Waals surface area contributed by atoms with Gasteiger partial charge in [0.15, 0.2) is 5.78 Å². The number of anilines is 2. The molecular formula is C25H18ClFN2O. The zero-order valence-corrected chi connectivity index (χ0v) is 16.7. The van der Waals surface area contributed by atoms with Crippen molar-refractivity contribution in [2.24, 2.45) is 0 Å². The van der Waals surface area contributed by atoms with Gasteiger partial charge in [-0.05, 0) is 65.7 Å². The second kappa shape index (κ2) is 8.89. The summed E-state index contributed by atoms with van der Waals surface area (Å²) in [7, 11) is 0. The van der Waals surface area contributed by atoms with Gasteiger partial charge in [-0.3, -0.25) is 9.78 Å². The Hall–Kier alpha value is -3.50. The minimum Gasteiger partial charge on any atom is -0.355 e. The van der Waals surface area contributed by atoms with Gasteiger partial charge < -0.3 is 5.32 Å². The van der Waals surface area contributed by atoms with Crippen LogP contribution < -0.4 is 5.32 Å². The van der Waals surface area contributed by atoms with E-state index < -0.39 is 0 Å². The van der Waals surface area contributed by atoms with E-state index in [4.69, 9.17) is 11.6 Å². The molecule has 4 aromatic rings. The molecule has 0 saturated heterocycles. The molecule has 1 aromatic heterocycles. The third-order valence-corrected chi connectivity index (χ3v) is 4.88. The molecule has 0 spiro atoms. The van der Waals surface area contributed by atoms with Crippen molar-refractivity contribution in [3.8, 4) is 0 Å². The van der Waals surface area contributed by atoms with Crippen molar-refractivity contribution in [3.05, 3.63) is 107 Å². The number of benzene rings is 3. The second-order valence-corrected chi connectivity index (χ2v) is 7.31.